The van der Waals surface area contributed by atoms with Crippen LogP contribution in [0.3, 0.4) is 0 Å². The number of carboxylic acids is 1. The predicted molar refractivity (Wildman–Crippen MR) is 76.5 cm³/mol. The number of carboxylic acid groups (broad SMARTS) is 1. The van der Waals surface area contributed by atoms with E-state index in [-0.39, 0.29) is 11.9 Å². The fourth-order valence-electron chi connectivity index (χ4n) is 3.49. The zero-order valence-electron chi connectivity index (χ0n) is 12.3. The third kappa shape index (κ3) is 4.12. The molecule has 5 nitrogen and oxygen atoms in total. The van der Waals surface area contributed by atoms with Gasteiger partial charge in [-0.05, 0) is 24.7 Å². The summed E-state index contributed by atoms with van der Waals surface area (Å²) in [4.78, 5) is 24.9. The van der Waals surface area contributed by atoms with Gasteiger partial charge in [0.1, 0.15) is 0 Å². The summed E-state index contributed by atoms with van der Waals surface area (Å²) in [6.07, 6.45) is 6.94. The van der Waals surface area contributed by atoms with Crippen LogP contribution in [0.15, 0.2) is 0 Å². The van der Waals surface area contributed by atoms with Crippen LogP contribution in [-0.2, 0) is 4.79 Å². The zero-order chi connectivity index (χ0) is 14.5. The molecule has 2 amide bonds. The smallest absolute Gasteiger partial charge is 0.317 e. The van der Waals surface area contributed by atoms with Crippen molar-refractivity contribution in [1.82, 2.24) is 10.2 Å². The summed E-state index contributed by atoms with van der Waals surface area (Å²) in [5.74, 6) is -0.188. The van der Waals surface area contributed by atoms with Crippen molar-refractivity contribution in [3.8, 4) is 0 Å². The number of hydrogen-bond donors (Lipinski definition) is 2. The Hall–Kier alpha value is -1.26. The molecule has 2 fully saturated rings. The summed E-state index contributed by atoms with van der Waals surface area (Å²) in [7, 11) is 0. The van der Waals surface area contributed by atoms with Gasteiger partial charge < -0.3 is 15.3 Å². The molecule has 2 aliphatic rings. The Bertz CT molecular complexity index is 353. The van der Waals surface area contributed by atoms with E-state index in [1.54, 1.807) is 4.90 Å². The molecule has 2 N–H and O–H groups in total. The van der Waals surface area contributed by atoms with E-state index in [9.17, 15) is 9.59 Å². The van der Waals surface area contributed by atoms with E-state index in [0.717, 1.165) is 12.3 Å². The Morgan fingerprint density at radius 3 is 2.60 bits per heavy atom. The maximum absolute atomic E-state index is 12.1. The van der Waals surface area contributed by atoms with Gasteiger partial charge >= 0.3 is 12.0 Å². The topological polar surface area (TPSA) is 69.6 Å². The molecule has 1 aliphatic heterocycles. The Kier molecular flexibility index (Phi) is 5.26. The van der Waals surface area contributed by atoms with Crippen molar-refractivity contribution in [2.24, 2.45) is 17.8 Å². The molecule has 1 saturated carbocycles. The van der Waals surface area contributed by atoms with Crippen LogP contribution in [0.5, 0.6) is 0 Å². The minimum Gasteiger partial charge on any atom is -0.481 e. The summed E-state index contributed by atoms with van der Waals surface area (Å²) in [6, 6.07) is -0.0965. The lowest BCUT2D eigenvalue weighted by molar-refractivity contribution is -0.143. The van der Waals surface area contributed by atoms with Crippen molar-refractivity contribution in [2.45, 2.75) is 45.4 Å². The van der Waals surface area contributed by atoms with E-state index in [2.05, 4.69) is 5.32 Å². The summed E-state index contributed by atoms with van der Waals surface area (Å²) in [6.45, 7) is 3.73. The number of rotatable bonds is 4. The monoisotopic (exact) mass is 282 g/mol. The second-order valence-electron chi connectivity index (χ2n) is 6.45. The highest BCUT2D eigenvalue weighted by atomic mass is 16.4. The van der Waals surface area contributed by atoms with Crippen LogP contribution in [0.1, 0.15) is 45.4 Å². The first kappa shape index (κ1) is 15.1. The number of piperidine rings is 1. The minimum absolute atomic E-state index is 0.0965. The molecule has 0 radical (unpaired) electrons. The summed E-state index contributed by atoms with van der Waals surface area (Å²) in [5, 5.41) is 12.1. The molecule has 2 atom stereocenters. The third-order valence-corrected chi connectivity index (χ3v) is 4.60. The predicted octanol–water partition coefficient (Wildman–Crippen LogP) is 2.32. The van der Waals surface area contributed by atoms with Gasteiger partial charge in [-0.25, -0.2) is 4.79 Å². The molecular weight excluding hydrogens is 256 g/mol. The van der Waals surface area contributed by atoms with Crippen molar-refractivity contribution < 1.29 is 14.7 Å². The Labute approximate surface area is 120 Å². The minimum atomic E-state index is -0.791. The van der Waals surface area contributed by atoms with Crippen molar-refractivity contribution in [3.63, 3.8) is 0 Å². The van der Waals surface area contributed by atoms with Gasteiger partial charge in [-0.1, -0.05) is 32.6 Å². The van der Waals surface area contributed by atoms with Gasteiger partial charge in [-0.3, -0.25) is 4.79 Å². The van der Waals surface area contributed by atoms with Gasteiger partial charge in [0.2, 0.25) is 0 Å². The van der Waals surface area contributed by atoms with Crippen LogP contribution in [0.2, 0.25) is 0 Å². The molecule has 2 rings (SSSR count). The van der Waals surface area contributed by atoms with Gasteiger partial charge in [0, 0.05) is 19.6 Å². The van der Waals surface area contributed by atoms with Gasteiger partial charge in [0.25, 0.3) is 0 Å². The maximum atomic E-state index is 12.1. The number of likely N-dealkylation sites (tertiary alicyclic amines) is 1. The average Bonchev–Trinajstić information content (AvgIpc) is 2.91. The molecule has 1 heterocycles. The molecule has 0 spiro atoms. The molecule has 0 aromatic carbocycles. The lowest BCUT2D eigenvalue weighted by Crippen LogP contribution is -2.49. The number of nitrogens with one attached hydrogen (secondary N) is 1. The van der Waals surface area contributed by atoms with Crippen LogP contribution in [0.25, 0.3) is 0 Å². The standard InChI is InChI=1S/C15H26N2O3/c1-11-8-13(14(18)19)10-17(9-11)15(20)16-7-6-12-4-2-3-5-12/h11-13H,2-10H2,1H3,(H,16,20)(H,18,19). The van der Waals surface area contributed by atoms with Crippen LogP contribution in [-0.4, -0.2) is 41.6 Å². The van der Waals surface area contributed by atoms with E-state index in [1.165, 1.54) is 25.7 Å². The van der Waals surface area contributed by atoms with Gasteiger partial charge in [0.15, 0.2) is 0 Å². The van der Waals surface area contributed by atoms with E-state index in [1.807, 2.05) is 6.92 Å². The Morgan fingerprint density at radius 2 is 1.95 bits per heavy atom. The summed E-state index contributed by atoms with van der Waals surface area (Å²) >= 11 is 0. The number of aliphatic carboxylic acids is 1. The fraction of sp³-hybridized carbons (Fsp3) is 0.867. The Balaban J connectivity index is 1.74. The largest absolute Gasteiger partial charge is 0.481 e. The van der Waals surface area contributed by atoms with Gasteiger partial charge in [0.05, 0.1) is 5.92 Å². The number of hydrogen-bond acceptors (Lipinski definition) is 2. The fourth-order valence-corrected chi connectivity index (χ4v) is 3.49. The lowest BCUT2D eigenvalue weighted by atomic mass is 9.91. The molecule has 0 aromatic rings. The number of nitrogens with zero attached hydrogens (tertiary/aromatic N) is 1. The van der Waals surface area contributed by atoms with E-state index >= 15 is 0 Å². The first-order valence-corrected chi connectivity index (χ1v) is 7.82. The SMILES string of the molecule is CC1CC(C(=O)O)CN(C(=O)NCCC2CCCC2)C1. The Morgan fingerprint density at radius 1 is 1.25 bits per heavy atom. The zero-order valence-corrected chi connectivity index (χ0v) is 12.3. The second kappa shape index (κ2) is 6.95. The van der Waals surface area contributed by atoms with Crippen molar-refractivity contribution in [3.05, 3.63) is 0 Å². The summed E-state index contributed by atoms with van der Waals surface area (Å²) < 4.78 is 0. The molecule has 5 heteroatoms. The van der Waals surface area contributed by atoms with Gasteiger partial charge in [-0.2, -0.15) is 0 Å². The highest BCUT2D eigenvalue weighted by Gasteiger charge is 2.31. The first-order valence-electron chi connectivity index (χ1n) is 7.82. The van der Waals surface area contributed by atoms with Gasteiger partial charge in [-0.15, -0.1) is 0 Å². The molecule has 2 unspecified atom stereocenters. The maximum Gasteiger partial charge on any atom is 0.317 e. The van der Waals surface area contributed by atoms with Crippen LogP contribution >= 0.6 is 0 Å². The number of carbonyl (C=O) groups excluding carboxylic acids is 1. The molecular formula is C15H26N2O3. The number of carbonyl (C=O) groups is 2. The third-order valence-electron chi connectivity index (χ3n) is 4.60. The summed E-state index contributed by atoms with van der Waals surface area (Å²) in [5.41, 5.74) is 0. The van der Waals surface area contributed by atoms with Crippen molar-refractivity contribution in [2.75, 3.05) is 19.6 Å². The molecule has 0 bridgehead atoms. The molecule has 114 valence electrons. The van der Waals surface area contributed by atoms with E-state index in [0.29, 0.717) is 26.1 Å². The molecule has 1 aliphatic carbocycles. The number of amides is 2. The normalized spacial score (nSPS) is 27.6. The average molecular weight is 282 g/mol. The highest BCUT2D eigenvalue weighted by molar-refractivity contribution is 5.76. The lowest BCUT2D eigenvalue weighted by Gasteiger charge is -2.34. The van der Waals surface area contributed by atoms with Crippen LogP contribution in [0, 0.1) is 17.8 Å². The molecule has 20 heavy (non-hydrogen) atoms. The first-order chi connectivity index (χ1) is 9.56. The quantitative estimate of drug-likeness (QED) is 0.831. The highest BCUT2D eigenvalue weighted by Crippen LogP contribution is 2.27. The molecule has 1 saturated heterocycles. The van der Waals surface area contributed by atoms with Crippen molar-refractivity contribution in [1.29, 1.82) is 0 Å². The molecule has 0 aromatic heterocycles. The van der Waals surface area contributed by atoms with Crippen molar-refractivity contribution >= 4 is 12.0 Å². The van der Waals surface area contributed by atoms with Crippen LogP contribution < -0.4 is 5.32 Å². The van der Waals surface area contributed by atoms with E-state index < -0.39 is 11.9 Å². The number of urea groups is 1. The second-order valence-corrected chi connectivity index (χ2v) is 6.45. The van der Waals surface area contributed by atoms with E-state index in [4.69, 9.17) is 5.11 Å². The van der Waals surface area contributed by atoms with Crippen LogP contribution in [0.4, 0.5) is 4.79 Å².